The molecule has 0 saturated heterocycles. The average molecular weight is 399 g/mol. The van der Waals surface area contributed by atoms with E-state index in [4.69, 9.17) is 16.1 Å². The second-order valence-electron chi connectivity index (χ2n) is 6.33. The highest BCUT2D eigenvalue weighted by atomic mass is 35.5. The Balaban J connectivity index is 1.60. The fourth-order valence-corrected chi connectivity index (χ4v) is 3.08. The van der Waals surface area contributed by atoms with Crippen LogP contribution >= 0.6 is 11.6 Å². The SMILES string of the molecule is CCCN(CC)c1ccc(C(=O)NCc2nc(-c3cccc(Cl)c3)no2)cc1. The van der Waals surface area contributed by atoms with E-state index >= 15 is 0 Å². The van der Waals surface area contributed by atoms with Crippen molar-refractivity contribution in [1.29, 1.82) is 0 Å². The first-order chi connectivity index (χ1) is 13.6. The van der Waals surface area contributed by atoms with Crippen molar-refractivity contribution in [3.05, 3.63) is 65.0 Å². The number of halogens is 1. The highest BCUT2D eigenvalue weighted by Gasteiger charge is 2.12. The Morgan fingerprint density at radius 1 is 1.18 bits per heavy atom. The molecular formula is C21H23ClN4O2. The van der Waals surface area contributed by atoms with E-state index in [0.29, 0.717) is 22.3 Å². The first-order valence-corrected chi connectivity index (χ1v) is 9.70. The lowest BCUT2D eigenvalue weighted by Gasteiger charge is -2.22. The summed E-state index contributed by atoms with van der Waals surface area (Å²) >= 11 is 5.98. The van der Waals surface area contributed by atoms with E-state index in [1.165, 1.54) is 0 Å². The minimum absolute atomic E-state index is 0.158. The van der Waals surface area contributed by atoms with Crippen molar-refractivity contribution in [3.8, 4) is 11.4 Å². The minimum atomic E-state index is -0.187. The molecule has 3 aromatic rings. The molecular weight excluding hydrogens is 376 g/mol. The molecule has 0 aliphatic carbocycles. The van der Waals surface area contributed by atoms with E-state index in [-0.39, 0.29) is 12.5 Å². The van der Waals surface area contributed by atoms with Crippen LogP contribution in [0.5, 0.6) is 0 Å². The predicted octanol–water partition coefficient (Wildman–Crippen LogP) is 4.56. The number of amides is 1. The van der Waals surface area contributed by atoms with Crippen LogP contribution in [0.2, 0.25) is 5.02 Å². The molecule has 0 bridgehead atoms. The third kappa shape index (κ3) is 4.89. The molecule has 0 aliphatic rings. The molecule has 1 amide bonds. The molecule has 1 aromatic heterocycles. The summed E-state index contributed by atoms with van der Waals surface area (Å²) in [5, 5.41) is 7.34. The molecule has 0 atom stereocenters. The minimum Gasteiger partial charge on any atom is -0.372 e. The molecule has 2 aromatic carbocycles. The number of rotatable bonds is 8. The zero-order valence-corrected chi connectivity index (χ0v) is 16.7. The number of carbonyl (C=O) groups excluding carboxylic acids is 1. The smallest absolute Gasteiger partial charge is 0.251 e. The van der Waals surface area contributed by atoms with E-state index < -0.39 is 0 Å². The average Bonchev–Trinajstić information content (AvgIpc) is 3.19. The van der Waals surface area contributed by atoms with Crippen LogP contribution in [0.15, 0.2) is 53.1 Å². The zero-order valence-electron chi connectivity index (χ0n) is 16.0. The summed E-state index contributed by atoms with van der Waals surface area (Å²) in [5.41, 5.74) is 2.46. The van der Waals surface area contributed by atoms with Crippen molar-refractivity contribution in [2.75, 3.05) is 18.0 Å². The maximum atomic E-state index is 12.4. The second-order valence-corrected chi connectivity index (χ2v) is 6.77. The Labute approximate surface area is 169 Å². The summed E-state index contributed by atoms with van der Waals surface area (Å²) in [6, 6.07) is 14.8. The maximum absolute atomic E-state index is 12.4. The summed E-state index contributed by atoms with van der Waals surface area (Å²) in [4.78, 5) is 19.0. The van der Waals surface area contributed by atoms with Gasteiger partial charge in [-0.2, -0.15) is 4.98 Å². The highest BCUT2D eigenvalue weighted by molar-refractivity contribution is 6.30. The lowest BCUT2D eigenvalue weighted by Crippen LogP contribution is -2.24. The van der Waals surface area contributed by atoms with Gasteiger partial charge in [-0.3, -0.25) is 4.79 Å². The van der Waals surface area contributed by atoms with Crippen molar-refractivity contribution in [2.24, 2.45) is 0 Å². The molecule has 0 spiro atoms. The highest BCUT2D eigenvalue weighted by Crippen LogP contribution is 2.20. The Bertz CT molecular complexity index is 924. The van der Waals surface area contributed by atoms with Gasteiger partial charge in [0.15, 0.2) is 0 Å². The van der Waals surface area contributed by atoms with Crippen LogP contribution in [-0.4, -0.2) is 29.1 Å². The van der Waals surface area contributed by atoms with Gasteiger partial charge in [-0.1, -0.05) is 35.8 Å². The van der Waals surface area contributed by atoms with E-state index in [2.05, 4.69) is 34.2 Å². The fourth-order valence-electron chi connectivity index (χ4n) is 2.89. The van der Waals surface area contributed by atoms with Crippen LogP contribution in [-0.2, 0) is 6.54 Å². The van der Waals surface area contributed by atoms with E-state index in [1.54, 1.807) is 12.1 Å². The number of carbonyl (C=O) groups is 1. The van der Waals surface area contributed by atoms with Crippen molar-refractivity contribution >= 4 is 23.2 Å². The summed E-state index contributed by atoms with van der Waals surface area (Å²) in [5.74, 6) is 0.583. The van der Waals surface area contributed by atoms with Gasteiger partial charge in [0.2, 0.25) is 11.7 Å². The van der Waals surface area contributed by atoms with Gasteiger partial charge in [0.1, 0.15) is 0 Å². The lowest BCUT2D eigenvalue weighted by molar-refractivity contribution is 0.0946. The van der Waals surface area contributed by atoms with Crippen molar-refractivity contribution in [2.45, 2.75) is 26.8 Å². The van der Waals surface area contributed by atoms with Gasteiger partial charge < -0.3 is 14.7 Å². The van der Waals surface area contributed by atoms with Crippen molar-refractivity contribution in [3.63, 3.8) is 0 Å². The molecule has 28 heavy (non-hydrogen) atoms. The molecule has 1 heterocycles. The van der Waals surface area contributed by atoms with Crippen molar-refractivity contribution in [1.82, 2.24) is 15.5 Å². The van der Waals surface area contributed by atoms with Gasteiger partial charge in [-0.05, 0) is 49.7 Å². The van der Waals surface area contributed by atoms with Crippen LogP contribution in [0, 0.1) is 0 Å². The molecule has 0 saturated carbocycles. The van der Waals surface area contributed by atoms with Gasteiger partial charge in [-0.25, -0.2) is 0 Å². The number of nitrogens with one attached hydrogen (secondary N) is 1. The summed E-state index contributed by atoms with van der Waals surface area (Å²) in [6.07, 6.45) is 1.08. The third-order valence-corrected chi connectivity index (χ3v) is 4.56. The first kappa shape index (κ1) is 19.9. The number of nitrogens with zero attached hydrogens (tertiary/aromatic N) is 3. The van der Waals surface area contributed by atoms with E-state index in [0.717, 1.165) is 30.8 Å². The normalized spacial score (nSPS) is 10.7. The summed E-state index contributed by atoms with van der Waals surface area (Å²) in [6.45, 7) is 6.36. The van der Waals surface area contributed by atoms with Crippen LogP contribution in [0.4, 0.5) is 5.69 Å². The third-order valence-electron chi connectivity index (χ3n) is 4.32. The molecule has 146 valence electrons. The zero-order chi connectivity index (χ0) is 19.9. The number of anilines is 1. The van der Waals surface area contributed by atoms with Crippen LogP contribution in [0.3, 0.4) is 0 Å². The monoisotopic (exact) mass is 398 g/mol. The number of hydrogen-bond acceptors (Lipinski definition) is 5. The predicted molar refractivity (Wildman–Crippen MR) is 111 cm³/mol. The molecule has 1 N–H and O–H groups in total. The number of hydrogen-bond donors (Lipinski definition) is 1. The summed E-state index contributed by atoms with van der Waals surface area (Å²) < 4.78 is 5.21. The lowest BCUT2D eigenvalue weighted by atomic mass is 10.1. The number of aromatic nitrogens is 2. The standard InChI is InChI=1S/C21H23ClN4O2/c1-3-12-26(4-2)18-10-8-15(9-11-18)21(27)23-14-19-24-20(25-28-19)16-6-5-7-17(22)13-16/h5-11,13H,3-4,12,14H2,1-2H3,(H,23,27). The molecule has 6 nitrogen and oxygen atoms in total. The van der Waals surface area contributed by atoms with Gasteiger partial charge in [-0.15, -0.1) is 0 Å². The topological polar surface area (TPSA) is 71.3 Å². The fraction of sp³-hybridized carbons (Fsp3) is 0.286. The molecule has 0 fully saturated rings. The van der Waals surface area contributed by atoms with Crippen LogP contribution in [0.25, 0.3) is 11.4 Å². The van der Waals surface area contributed by atoms with Gasteiger partial charge in [0, 0.05) is 34.9 Å². The van der Waals surface area contributed by atoms with Gasteiger partial charge in [0.25, 0.3) is 5.91 Å². The summed E-state index contributed by atoms with van der Waals surface area (Å²) in [7, 11) is 0. The Hall–Kier alpha value is -2.86. The molecule has 3 rings (SSSR count). The van der Waals surface area contributed by atoms with Crippen LogP contribution < -0.4 is 10.2 Å². The Morgan fingerprint density at radius 2 is 1.96 bits per heavy atom. The number of benzene rings is 2. The molecule has 7 heteroatoms. The van der Waals surface area contributed by atoms with E-state index in [1.807, 2.05) is 36.4 Å². The van der Waals surface area contributed by atoms with Gasteiger partial charge >= 0.3 is 0 Å². The molecule has 0 radical (unpaired) electrons. The molecule has 0 unspecified atom stereocenters. The maximum Gasteiger partial charge on any atom is 0.251 e. The van der Waals surface area contributed by atoms with Crippen LogP contribution in [0.1, 0.15) is 36.5 Å². The van der Waals surface area contributed by atoms with Gasteiger partial charge in [0.05, 0.1) is 6.54 Å². The van der Waals surface area contributed by atoms with E-state index in [9.17, 15) is 4.79 Å². The Kier molecular flexibility index (Phi) is 6.66. The Morgan fingerprint density at radius 3 is 2.64 bits per heavy atom. The quantitative estimate of drug-likeness (QED) is 0.602. The second kappa shape index (κ2) is 9.37. The first-order valence-electron chi connectivity index (χ1n) is 9.32. The molecule has 0 aliphatic heterocycles. The largest absolute Gasteiger partial charge is 0.372 e. The van der Waals surface area contributed by atoms with Crippen molar-refractivity contribution < 1.29 is 9.32 Å².